The lowest BCUT2D eigenvalue weighted by molar-refractivity contribution is -0.271. The number of aliphatic hydroxyl groups is 4. The van der Waals surface area contributed by atoms with Crippen molar-refractivity contribution in [2.75, 3.05) is 38.4 Å². The molecule has 0 unspecified atom stereocenters. The maximum Gasteiger partial charge on any atom is 0.407 e. The Morgan fingerprint density at radius 3 is 2.40 bits per heavy atom. The average molecular weight is 1380 g/mol. The number of para-hydroxylation sites is 1. The van der Waals surface area contributed by atoms with Crippen LogP contribution in [0.1, 0.15) is 108 Å². The summed E-state index contributed by atoms with van der Waals surface area (Å²) in [7, 11) is 3.28. The molecule has 29 nitrogen and oxygen atoms in total. The molecule has 8 atom stereocenters. The number of benzene rings is 4. The number of esters is 1. The van der Waals surface area contributed by atoms with Crippen LogP contribution < -0.4 is 36.5 Å². The molecule has 12 rings (SSSR count). The van der Waals surface area contributed by atoms with E-state index in [0.29, 0.717) is 45.4 Å². The number of halogens is 1. The molecule has 7 aromatic rings. The van der Waals surface area contributed by atoms with Gasteiger partial charge >= 0.3 is 18.0 Å². The minimum absolute atomic E-state index is 0.0170. The normalized spacial score (nSPS) is 20.4. The number of carbonyl (C=O) groups excluding carboxylic acids is 6. The van der Waals surface area contributed by atoms with Crippen molar-refractivity contribution in [1.82, 2.24) is 45.8 Å². The number of carboxylic acid groups (broad SMARTS) is 1. The Balaban J connectivity index is 0.759. The van der Waals surface area contributed by atoms with Gasteiger partial charge in [-0.2, -0.15) is 0 Å². The van der Waals surface area contributed by atoms with Gasteiger partial charge in [0.1, 0.15) is 54.8 Å². The van der Waals surface area contributed by atoms with Crippen LogP contribution in [0.3, 0.4) is 0 Å². The van der Waals surface area contributed by atoms with Gasteiger partial charge in [-0.1, -0.05) is 60.7 Å². The summed E-state index contributed by atoms with van der Waals surface area (Å²) < 4.78 is 51.8. The number of carboxylic acids is 1. The third-order valence-electron chi connectivity index (χ3n) is 19.0. The van der Waals surface area contributed by atoms with Crippen LogP contribution >= 0.6 is 0 Å². The predicted octanol–water partition coefficient (Wildman–Crippen LogP) is 3.55. The summed E-state index contributed by atoms with van der Waals surface area (Å²) in [5, 5.41) is 73.9. The standard InChI is InChI=1S/C70H75FN10O19/c1-5-70(94)44-27-50-57-42(32-81(50)65(89)43(44)34-97-68(70)92)56-46(20-19-39-35(2)45(71)28-47(75-57)55(39)56)76-69(93)98-33-36-18-21-51(99-67-62(87)60(85)61(86)63(100-67)66(90)91)38(26-36)29-73-64(88)48(30-72-52(82)22-23-96-25-24-95-4)74-53(83)16-10-11-17-54(84)80-31-37-12-6-7-13-40(37)58-59(79(3)78-77-58)41-14-8-9-15-49(41)80/h6-9,12-15,18,21,26-28,46,48,60-63,67,85-87,94H,5,10-11,16-17,19-20,22-25,29-34H2,1-4H3,(H,72,82)(H,73,88)(H,74,83)(H,76,93)(H,90,91)/t46-,48-,60-,61-,62+,63-,67+,70-/m0/s1. The van der Waals surface area contributed by atoms with E-state index in [1.54, 1.807) is 30.5 Å². The number of pyridine rings is 2. The highest BCUT2D eigenvalue weighted by atomic mass is 19.1. The van der Waals surface area contributed by atoms with Crippen LogP contribution in [-0.4, -0.2) is 162 Å². The number of alkyl carbamates (subject to hydrolysis) is 1. The zero-order valence-corrected chi connectivity index (χ0v) is 55.1. The molecule has 0 radical (unpaired) electrons. The fraction of sp³-hybridized carbons (Fsp3) is 0.414. The van der Waals surface area contributed by atoms with E-state index < -0.39 is 115 Å². The molecule has 30 heteroatoms. The second-order valence-corrected chi connectivity index (χ2v) is 25.2. The summed E-state index contributed by atoms with van der Waals surface area (Å²) in [6.07, 6.45) is -10.2. The fourth-order valence-corrected chi connectivity index (χ4v) is 13.6. The van der Waals surface area contributed by atoms with E-state index in [9.17, 15) is 63.9 Å². The average Bonchev–Trinajstić information content (AvgIpc) is 1.49. The Kier molecular flexibility index (Phi) is 20.5. The Morgan fingerprint density at radius 2 is 1.62 bits per heavy atom. The lowest BCUT2D eigenvalue weighted by atomic mass is 9.81. The number of amides is 5. The molecule has 1 aliphatic carbocycles. The number of aryl methyl sites for hydroxylation is 2. The third kappa shape index (κ3) is 13.7. The summed E-state index contributed by atoms with van der Waals surface area (Å²) in [5.74, 6) is -5.40. The number of methoxy groups -OCH3 is 1. The van der Waals surface area contributed by atoms with Gasteiger partial charge in [0.2, 0.25) is 29.9 Å². The molecule has 100 heavy (non-hydrogen) atoms. The first-order chi connectivity index (χ1) is 48.1. The van der Waals surface area contributed by atoms with Crippen molar-refractivity contribution in [3.05, 3.63) is 145 Å². The summed E-state index contributed by atoms with van der Waals surface area (Å²) in [6.45, 7) is 2.28. The summed E-state index contributed by atoms with van der Waals surface area (Å²) >= 11 is 0. The van der Waals surface area contributed by atoms with Gasteiger partial charge in [-0.3, -0.25) is 24.0 Å². The lowest BCUT2D eigenvalue weighted by Crippen LogP contribution is -2.61. The molecular weight excluding hydrogens is 1300 g/mol. The number of aliphatic carboxylic acids is 1. The number of hydrogen-bond acceptors (Lipinski definition) is 21. The number of ether oxygens (including phenoxy) is 6. The molecule has 5 amide bonds. The van der Waals surface area contributed by atoms with Gasteiger partial charge in [0.25, 0.3) is 5.56 Å². The van der Waals surface area contributed by atoms with Crippen LogP contribution in [0, 0.1) is 12.7 Å². The van der Waals surface area contributed by atoms with Gasteiger partial charge in [0, 0.05) is 85.8 Å². The monoisotopic (exact) mass is 1380 g/mol. The fourth-order valence-electron chi connectivity index (χ4n) is 13.6. The first kappa shape index (κ1) is 69.8. The lowest BCUT2D eigenvalue weighted by Gasteiger charge is -2.38. The minimum Gasteiger partial charge on any atom is -0.479 e. The molecule has 4 aliphatic heterocycles. The van der Waals surface area contributed by atoms with Crippen LogP contribution in [0.5, 0.6) is 5.75 Å². The van der Waals surface area contributed by atoms with E-state index in [2.05, 4.69) is 31.6 Å². The zero-order chi connectivity index (χ0) is 70.8. The molecule has 0 spiro atoms. The highest BCUT2D eigenvalue weighted by Gasteiger charge is 2.49. The number of hydrogen-bond donors (Lipinski definition) is 9. The second kappa shape index (κ2) is 29.4. The van der Waals surface area contributed by atoms with Crippen molar-refractivity contribution < 1.29 is 91.9 Å². The molecule has 0 bridgehead atoms. The van der Waals surface area contributed by atoms with Crippen molar-refractivity contribution in [3.63, 3.8) is 0 Å². The van der Waals surface area contributed by atoms with Crippen LogP contribution in [0.25, 0.3) is 44.8 Å². The van der Waals surface area contributed by atoms with Gasteiger partial charge in [-0.25, -0.2) is 28.4 Å². The molecule has 0 saturated carbocycles. The zero-order valence-electron chi connectivity index (χ0n) is 55.1. The molecule has 3 aromatic heterocycles. The molecule has 1 saturated heterocycles. The van der Waals surface area contributed by atoms with Crippen molar-refractivity contribution >= 4 is 58.3 Å². The topological polar surface area (TPSA) is 393 Å². The van der Waals surface area contributed by atoms with E-state index in [1.165, 1.54) is 42.0 Å². The van der Waals surface area contributed by atoms with E-state index in [-0.39, 0.29) is 135 Å². The van der Waals surface area contributed by atoms with Crippen molar-refractivity contribution in [2.45, 2.75) is 146 Å². The molecule has 4 aromatic carbocycles. The SMILES string of the molecule is CC[C@@]1(O)C(=O)OCc2c1cc1n(c2=O)Cc2c-1nc1cc(F)c(C)c3c1c2[C@@H](NC(=O)OCc1ccc(O[C@@H]2O[C@H](C(=O)O)[C@@H](O)[C@H](O)[C@H]2O)c(CNC(=O)[C@H](CNC(=O)CCOCCOC)NC(=O)CCCCC(=O)N2Cc4ccccc4-c4nnn(C)c4-c4ccccc42)c1)CC3. The van der Waals surface area contributed by atoms with Gasteiger partial charge < -0.3 is 84.7 Å². The molecule has 9 N–H and O–H groups in total. The van der Waals surface area contributed by atoms with E-state index in [4.69, 9.17) is 33.4 Å². The predicted molar refractivity (Wildman–Crippen MR) is 351 cm³/mol. The van der Waals surface area contributed by atoms with Gasteiger partial charge in [0.15, 0.2) is 11.7 Å². The summed E-state index contributed by atoms with van der Waals surface area (Å²) in [6, 6.07) is 19.9. The summed E-state index contributed by atoms with van der Waals surface area (Å²) in [4.78, 5) is 116. The Labute approximate surface area is 570 Å². The van der Waals surface area contributed by atoms with Crippen molar-refractivity contribution in [1.29, 1.82) is 0 Å². The number of fused-ring (bicyclic) bond motifs is 10. The van der Waals surface area contributed by atoms with Crippen LogP contribution in [0.2, 0.25) is 0 Å². The number of rotatable bonds is 24. The number of unbranched alkanes of at least 4 members (excludes halogenated alkanes) is 1. The second-order valence-electron chi connectivity index (χ2n) is 25.2. The number of carbonyl (C=O) groups is 7. The van der Waals surface area contributed by atoms with E-state index in [0.717, 1.165) is 22.4 Å². The van der Waals surface area contributed by atoms with Crippen LogP contribution in [-0.2, 0) is 104 Å². The molecule has 5 aliphatic rings. The smallest absolute Gasteiger partial charge is 0.407 e. The largest absolute Gasteiger partial charge is 0.479 e. The first-order valence-corrected chi connectivity index (χ1v) is 32.8. The van der Waals surface area contributed by atoms with Gasteiger partial charge in [-0.15, -0.1) is 5.10 Å². The maximum absolute atomic E-state index is 15.7. The molecular formula is C70H75FN10O19. The van der Waals surface area contributed by atoms with Crippen molar-refractivity contribution in [3.8, 4) is 39.7 Å². The maximum atomic E-state index is 15.7. The molecule has 1 fully saturated rings. The van der Waals surface area contributed by atoms with Crippen LogP contribution in [0.15, 0.2) is 83.7 Å². The number of cyclic esters (lactones) is 1. The van der Waals surface area contributed by atoms with Gasteiger partial charge in [-0.05, 0) is 91.1 Å². The first-order valence-electron chi connectivity index (χ1n) is 32.8. The highest BCUT2D eigenvalue weighted by molar-refractivity contribution is 6.00. The number of nitrogens with zero attached hydrogens (tertiary/aromatic N) is 6. The number of nitrogens with one attached hydrogen (secondary N) is 4. The van der Waals surface area contributed by atoms with Crippen LogP contribution in [0.4, 0.5) is 14.9 Å². The third-order valence-corrected chi connectivity index (χ3v) is 19.0. The number of anilines is 1. The quantitative estimate of drug-likeness (QED) is 0.0308. The van der Waals surface area contributed by atoms with Crippen molar-refractivity contribution in [2.24, 2.45) is 7.05 Å². The highest BCUT2D eigenvalue weighted by Crippen LogP contribution is 2.47. The summed E-state index contributed by atoms with van der Waals surface area (Å²) in [5.41, 5.74) is 5.39. The van der Waals surface area contributed by atoms with Gasteiger partial charge in [0.05, 0.1) is 72.8 Å². The van der Waals surface area contributed by atoms with E-state index >= 15 is 4.39 Å². The Bertz CT molecular complexity index is 4470. The van der Waals surface area contributed by atoms with E-state index in [1.807, 2.05) is 48.5 Å². The minimum atomic E-state index is -2.12. The Hall–Kier alpha value is -10.1. The Morgan fingerprint density at radius 1 is 0.850 bits per heavy atom. The molecule has 526 valence electrons. The molecule has 7 heterocycles. The number of aromatic nitrogens is 5. The number of aliphatic hydroxyl groups excluding tert-OH is 3.